The molecule has 0 radical (unpaired) electrons. The van der Waals surface area contributed by atoms with Crippen molar-refractivity contribution in [1.82, 2.24) is 9.80 Å². The van der Waals surface area contributed by atoms with Crippen LogP contribution in [0.25, 0.3) is 0 Å². The lowest BCUT2D eigenvalue weighted by atomic mass is 9.93. The first-order chi connectivity index (χ1) is 14.3. The first-order valence-corrected chi connectivity index (χ1v) is 10.4. The lowest BCUT2D eigenvalue weighted by Crippen LogP contribution is -2.47. The summed E-state index contributed by atoms with van der Waals surface area (Å²) in [6.07, 6.45) is 6.81. The molecular formula is C23H28N2O5. The molecule has 0 N–H and O–H groups in total. The third-order valence-electron chi connectivity index (χ3n) is 5.66. The highest BCUT2D eigenvalue weighted by atomic mass is 16.5. The molecule has 7 nitrogen and oxygen atoms in total. The molecule has 3 amide bonds. The Labute approximate surface area is 176 Å². The van der Waals surface area contributed by atoms with Crippen molar-refractivity contribution in [3.63, 3.8) is 0 Å². The summed E-state index contributed by atoms with van der Waals surface area (Å²) < 4.78 is 5.25. The van der Waals surface area contributed by atoms with Crippen LogP contribution in [0.5, 0.6) is 0 Å². The van der Waals surface area contributed by atoms with E-state index in [-0.39, 0.29) is 47.8 Å². The highest BCUT2D eigenvalue weighted by Gasteiger charge is 2.35. The van der Waals surface area contributed by atoms with Crippen LogP contribution in [-0.4, -0.2) is 58.7 Å². The minimum absolute atomic E-state index is 0.0266. The molecule has 1 aliphatic carbocycles. The molecule has 0 atom stereocenters. The van der Waals surface area contributed by atoms with E-state index >= 15 is 0 Å². The summed E-state index contributed by atoms with van der Waals surface area (Å²) >= 11 is 0. The van der Waals surface area contributed by atoms with E-state index < -0.39 is 17.8 Å². The number of fused-ring (bicyclic) bond motifs is 1. The molecular weight excluding hydrogens is 384 g/mol. The summed E-state index contributed by atoms with van der Waals surface area (Å²) in [7, 11) is 0. The summed E-state index contributed by atoms with van der Waals surface area (Å²) in [6.45, 7) is 7.23. The molecule has 0 saturated heterocycles. The van der Waals surface area contributed by atoms with Gasteiger partial charge in [-0.15, -0.1) is 6.58 Å². The minimum atomic E-state index is -0.694. The van der Waals surface area contributed by atoms with E-state index in [9.17, 15) is 19.2 Å². The van der Waals surface area contributed by atoms with Gasteiger partial charge in [-0.1, -0.05) is 25.3 Å². The molecule has 1 aromatic rings. The molecule has 0 unspecified atom stereocenters. The van der Waals surface area contributed by atoms with Crippen LogP contribution < -0.4 is 0 Å². The van der Waals surface area contributed by atoms with Gasteiger partial charge in [0.15, 0.2) is 6.61 Å². The Morgan fingerprint density at radius 3 is 2.47 bits per heavy atom. The lowest BCUT2D eigenvalue weighted by Gasteiger charge is -2.37. The molecule has 7 heteroatoms. The number of amides is 3. The quantitative estimate of drug-likeness (QED) is 0.390. The van der Waals surface area contributed by atoms with Gasteiger partial charge in [0.2, 0.25) is 0 Å². The fraction of sp³-hybridized carbons (Fsp3) is 0.478. The van der Waals surface area contributed by atoms with Crippen molar-refractivity contribution >= 4 is 23.7 Å². The monoisotopic (exact) mass is 412 g/mol. The number of carbonyl (C=O) groups is 4. The van der Waals surface area contributed by atoms with Crippen molar-refractivity contribution < 1.29 is 23.9 Å². The van der Waals surface area contributed by atoms with Crippen molar-refractivity contribution in [2.24, 2.45) is 0 Å². The van der Waals surface area contributed by atoms with Crippen molar-refractivity contribution in [3.05, 3.63) is 47.5 Å². The topological polar surface area (TPSA) is 84.0 Å². The Hall–Kier alpha value is -2.96. The summed E-state index contributed by atoms with van der Waals surface area (Å²) in [5.74, 6) is -1.79. The number of nitrogens with zero attached hydrogens (tertiary/aromatic N) is 2. The first-order valence-electron chi connectivity index (χ1n) is 10.4. The number of benzene rings is 1. The van der Waals surface area contributed by atoms with Gasteiger partial charge < -0.3 is 9.64 Å². The molecule has 0 spiro atoms. The standard InChI is InChI=1S/C23H28N2O5/c1-4-12-24-21(27)18-11-10-16(13-19(18)22(24)28)23(29)30-14-20(26)25(15(2)3)17-8-6-5-7-9-17/h4,10-11,13,15,17H,1,5-9,12,14H2,2-3H3. The van der Waals surface area contributed by atoms with E-state index in [4.69, 9.17) is 4.74 Å². The predicted molar refractivity (Wildman–Crippen MR) is 111 cm³/mol. The van der Waals surface area contributed by atoms with Crippen molar-refractivity contribution in [2.45, 2.75) is 58.0 Å². The highest BCUT2D eigenvalue weighted by molar-refractivity contribution is 6.22. The average Bonchev–Trinajstić information content (AvgIpc) is 2.97. The smallest absolute Gasteiger partial charge is 0.338 e. The maximum atomic E-state index is 12.8. The zero-order chi connectivity index (χ0) is 21.8. The van der Waals surface area contributed by atoms with E-state index in [0.29, 0.717) is 0 Å². The fourth-order valence-electron chi connectivity index (χ4n) is 4.27. The van der Waals surface area contributed by atoms with E-state index in [1.165, 1.54) is 30.7 Å². The molecule has 160 valence electrons. The third-order valence-corrected chi connectivity index (χ3v) is 5.66. The molecule has 1 aliphatic heterocycles. The van der Waals surface area contributed by atoms with Gasteiger partial charge >= 0.3 is 5.97 Å². The number of ether oxygens (including phenoxy) is 1. The Kier molecular flexibility index (Phi) is 6.70. The molecule has 1 heterocycles. The van der Waals surface area contributed by atoms with Gasteiger partial charge in [0.05, 0.1) is 16.7 Å². The van der Waals surface area contributed by atoms with Gasteiger partial charge in [0.25, 0.3) is 17.7 Å². The van der Waals surface area contributed by atoms with E-state index in [1.807, 2.05) is 18.7 Å². The van der Waals surface area contributed by atoms with E-state index in [1.54, 1.807) is 0 Å². The second kappa shape index (κ2) is 9.24. The maximum Gasteiger partial charge on any atom is 0.338 e. The number of hydrogen-bond donors (Lipinski definition) is 0. The molecule has 0 bridgehead atoms. The summed E-state index contributed by atoms with van der Waals surface area (Å²) in [6, 6.07) is 4.45. The first kappa shape index (κ1) is 21.7. The number of carbonyl (C=O) groups excluding carboxylic acids is 4. The van der Waals surface area contributed by atoms with Gasteiger partial charge in [-0.05, 0) is 44.9 Å². The highest BCUT2D eigenvalue weighted by Crippen LogP contribution is 2.26. The number of imide groups is 1. The number of rotatable bonds is 7. The lowest BCUT2D eigenvalue weighted by molar-refractivity contribution is -0.139. The number of hydrogen-bond acceptors (Lipinski definition) is 5. The Bertz CT molecular complexity index is 870. The van der Waals surface area contributed by atoms with Gasteiger partial charge in [-0.25, -0.2) is 4.79 Å². The molecule has 1 saturated carbocycles. The predicted octanol–water partition coefficient (Wildman–Crippen LogP) is 3.20. The van der Waals surface area contributed by atoms with Crippen molar-refractivity contribution in [1.29, 1.82) is 0 Å². The number of esters is 1. The summed E-state index contributed by atoms with van der Waals surface area (Å²) in [5.41, 5.74) is 0.545. The van der Waals surface area contributed by atoms with Crippen LogP contribution in [0.4, 0.5) is 0 Å². The molecule has 0 aromatic heterocycles. The maximum absolute atomic E-state index is 12.8. The van der Waals surface area contributed by atoms with Gasteiger partial charge in [-0.3, -0.25) is 19.3 Å². The largest absolute Gasteiger partial charge is 0.452 e. The molecule has 1 aromatic carbocycles. The Balaban J connectivity index is 1.67. The van der Waals surface area contributed by atoms with Crippen LogP contribution in [0.15, 0.2) is 30.9 Å². The zero-order valence-corrected chi connectivity index (χ0v) is 17.6. The Morgan fingerprint density at radius 2 is 1.83 bits per heavy atom. The summed E-state index contributed by atoms with van der Waals surface area (Å²) in [4.78, 5) is 52.8. The van der Waals surface area contributed by atoms with Crippen molar-refractivity contribution in [3.8, 4) is 0 Å². The van der Waals surface area contributed by atoms with Gasteiger partial charge in [0, 0.05) is 18.6 Å². The van der Waals surface area contributed by atoms with E-state index in [2.05, 4.69) is 6.58 Å². The van der Waals surface area contributed by atoms with E-state index in [0.717, 1.165) is 30.6 Å². The second-order valence-electron chi connectivity index (χ2n) is 8.03. The van der Waals surface area contributed by atoms with Gasteiger partial charge in [-0.2, -0.15) is 0 Å². The average molecular weight is 412 g/mol. The SMILES string of the molecule is C=CCN1C(=O)c2ccc(C(=O)OCC(=O)N(C(C)C)C3CCCCC3)cc2C1=O. The van der Waals surface area contributed by atoms with Gasteiger partial charge in [0.1, 0.15) is 0 Å². The molecule has 2 aliphatic rings. The minimum Gasteiger partial charge on any atom is -0.452 e. The third kappa shape index (κ3) is 4.30. The Morgan fingerprint density at radius 1 is 1.17 bits per heavy atom. The molecule has 3 rings (SSSR count). The molecule has 30 heavy (non-hydrogen) atoms. The van der Waals surface area contributed by atoms with Crippen LogP contribution in [0.3, 0.4) is 0 Å². The van der Waals surface area contributed by atoms with Crippen LogP contribution in [0, 0.1) is 0 Å². The van der Waals surface area contributed by atoms with Crippen LogP contribution in [0.2, 0.25) is 0 Å². The second-order valence-corrected chi connectivity index (χ2v) is 8.03. The van der Waals surface area contributed by atoms with Crippen LogP contribution in [-0.2, 0) is 9.53 Å². The normalized spacial score (nSPS) is 16.6. The fourth-order valence-corrected chi connectivity index (χ4v) is 4.27. The zero-order valence-electron chi connectivity index (χ0n) is 17.6. The van der Waals surface area contributed by atoms with Crippen LogP contribution in [0.1, 0.15) is 77.0 Å². The summed E-state index contributed by atoms with van der Waals surface area (Å²) in [5, 5.41) is 0. The molecule has 1 fully saturated rings. The van der Waals surface area contributed by atoms with Crippen LogP contribution >= 0.6 is 0 Å². The van der Waals surface area contributed by atoms with Crippen molar-refractivity contribution in [2.75, 3.05) is 13.2 Å².